The predicted octanol–water partition coefficient (Wildman–Crippen LogP) is 3.64. The van der Waals surface area contributed by atoms with E-state index in [0.29, 0.717) is 18.6 Å². The molecule has 0 spiro atoms. The molecule has 1 fully saturated rings. The number of rotatable bonds is 3. The Balaban J connectivity index is 1.91. The fourth-order valence-corrected chi connectivity index (χ4v) is 3.12. The lowest BCUT2D eigenvalue weighted by atomic mass is 9.87. The molecule has 1 aliphatic heterocycles. The molecule has 2 atom stereocenters. The van der Waals surface area contributed by atoms with Gasteiger partial charge in [0.05, 0.1) is 6.04 Å². The van der Waals surface area contributed by atoms with Crippen molar-refractivity contribution >= 4 is 5.69 Å². The van der Waals surface area contributed by atoms with Crippen molar-refractivity contribution in [3.63, 3.8) is 0 Å². The van der Waals surface area contributed by atoms with E-state index < -0.39 is 0 Å². The number of aliphatic hydroxyl groups is 1. The van der Waals surface area contributed by atoms with Gasteiger partial charge in [0.2, 0.25) is 0 Å². The third-order valence-electron chi connectivity index (χ3n) is 4.24. The van der Waals surface area contributed by atoms with Gasteiger partial charge in [0.25, 0.3) is 0 Å². The maximum atomic E-state index is 9.49. The molecule has 0 unspecified atom stereocenters. The maximum absolute atomic E-state index is 9.49. The number of piperidine rings is 1. The fourth-order valence-electron chi connectivity index (χ4n) is 3.12. The van der Waals surface area contributed by atoms with Gasteiger partial charge in [-0.2, -0.15) is 0 Å². The van der Waals surface area contributed by atoms with Crippen LogP contribution in [0.25, 0.3) is 0 Å². The Bertz CT molecular complexity index is 526. The highest BCUT2D eigenvalue weighted by Gasteiger charge is 2.29. The van der Waals surface area contributed by atoms with Crippen LogP contribution in [0, 0.1) is 5.92 Å². The lowest BCUT2D eigenvalue weighted by Gasteiger charge is -2.41. The van der Waals surface area contributed by atoms with Crippen molar-refractivity contribution in [3.05, 3.63) is 66.2 Å². The summed E-state index contributed by atoms with van der Waals surface area (Å²) in [5.41, 5.74) is 2.62. The van der Waals surface area contributed by atoms with Crippen LogP contribution in [-0.4, -0.2) is 18.3 Å². The summed E-state index contributed by atoms with van der Waals surface area (Å²) in [6.07, 6.45) is 2.09. The summed E-state index contributed by atoms with van der Waals surface area (Å²) < 4.78 is 0. The first-order valence-corrected chi connectivity index (χ1v) is 7.36. The van der Waals surface area contributed by atoms with E-state index in [2.05, 4.69) is 65.6 Å². The summed E-state index contributed by atoms with van der Waals surface area (Å²) in [5.74, 6) is 0.417. The van der Waals surface area contributed by atoms with E-state index in [9.17, 15) is 5.11 Å². The first-order valence-electron chi connectivity index (χ1n) is 7.36. The van der Waals surface area contributed by atoms with Crippen LogP contribution in [0.4, 0.5) is 5.69 Å². The van der Waals surface area contributed by atoms with Crippen molar-refractivity contribution in [2.24, 2.45) is 5.92 Å². The SMILES string of the molecule is OC[C@@H]1CCN(c2ccccc2)[C@@H](c2ccccc2)C1. The molecule has 3 rings (SSSR count). The highest BCUT2D eigenvalue weighted by molar-refractivity contribution is 5.49. The Morgan fingerprint density at radius 1 is 0.950 bits per heavy atom. The Morgan fingerprint density at radius 3 is 2.25 bits per heavy atom. The average molecular weight is 267 g/mol. The number of aliphatic hydroxyl groups excluding tert-OH is 1. The van der Waals surface area contributed by atoms with Gasteiger partial charge in [0, 0.05) is 18.8 Å². The molecule has 2 heteroatoms. The van der Waals surface area contributed by atoms with Gasteiger partial charge >= 0.3 is 0 Å². The fraction of sp³-hybridized carbons (Fsp3) is 0.333. The molecule has 104 valence electrons. The van der Waals surface area contributed by atoms with Crippen LogP contribution in [-0.2, 0) is 0 Å². The zero-order valence-electron chi connectivity index (χ0n) is 11.7. The van der Waals surface area contributed by atoms with Crippen LogP contribution in [0.2, 0.25) is 0 Å². The van der Waals surface area contributed by atoms with Gasteiger partial charge in [-0.25, -0.2) is 0 Å². The second-order valence-electron chi connectivity index (χ2n) is 5.53. The number of benzene rings is 2. The molecule has 0 bridgehead atoms. The molecular weight excluding hydrogens is 246 g/mol. The number of nitrogens with zero attached hydrogens (tertiary/aromatic N) is 1. The molecule has 1 aliphatic rings. The highest BCUT2D eigenvalue weighted by Crippen LogP contribution is 2.37. The summed E-state index contributed by atoms with van der Waals surface area (Å²) in [5, 5.41) is 9.49. The molecule has 0 aromatic heterocycles. The number of para-hydroxylation sites is 1. The van der Waals surface area contributed by atoms with Crippen molar-refractivity contribution in [2.75, 3.05) is 18.1 Å². The molecule has 1 saturated heterocycles. The Kier molecular flexibility index (Phi) is 4.03. The van der Waals surface area contributed by atoms with Crippen LogP contribution >= 0.6 is 0 Å². The molecule has 1 heterocycles. The van der Waals surface area contributed by atoms with Crippen LogP contribution in [0.5, 0.6) is 0 Å². The van der Waals surface area contributed by atoms with E-state index in [1.807, 2.05) is 0 Å². The summed E-state index contributed by atoms with van der Waals surface area (Å²) in [4.78, 5) is 2.47. The number of anilines is 1. The topological polar surface area (TPSA) is 23.5 Å². The van der Waals surface area contributed by atoms with E-state index in [1.165, 1.54) is 11.3 Å². The zero-order valence-corrected chi connectivity index (χ0v) is 11.7. The lowest BCUT2D eigenvalue weighted by Crippen LogP contribution is -2.37. The normalized spacial score (nSPS) is 22.8. The molecular formula is C18H21NO. The van der Waals surface area contributed by atoms with Gasteiger partial charge in [-0.3, -0.25) is 0 Å². The van der Waals surface area contributed by atoms with Crippen LogP contribution in [0.1, 0.15) is 24.4 Å². The third-order valence-corrected chi connectivity index (χ3v) is 4.24. The van der Waals surface area contributed by atoms with Gasteiger partial charge in [0.1, 0.15) is 0 Å². The van der Waals surface area contributed by atoms with Gasteiger partial charge in [0.15, 0.2) is 0 Å². The van der Waals surface area contributed by atoms with E-state index in [4.69, 9.17) is 0 Å². The molecule has 2 aromatic rings. The molecule has 2 aromatic carbocycles. The molecule has 0 saturated carbocycles. The largest absolute Gasteiger partial charge is 0.396 e. The van der Waals surface area contributed by atoms with Gasteiger partial charge in [-0.05, 0) is 36.5 Å². The van der Waals surface area contributed by atoms with Crippen molar-refractivity contribution in [2.45, 2.75) is 18.9 Å². The highest BCUT2D eigenvalue weighted by atomic mass is 16.3. The predicted molar refractivity (Wildman–Crippen MR) is 82.8 cm³/mol. The van der Waals surface area contributed by atoms with E-state index in [-0.39, 0.29) is 0 Å². The molecule has 0 aliphatic carbocycles. The van der Waals surface area contributed by atoms with E-state index in [0.717, 1.165) is 19.4 Å². The Hall–Kier alpha value is -1.80. The van der Waals surface area contributed by atoms with Gasteiger partial charge in [-0.1, -0.05) is 48.5 Å². The van der Waals surface area contributed by atoms with E-state index >= 15 is 0 Å². The van der Waals surface area contributed by atoms with E-state index in [1.54, 1.807) is 0 Å². The first-order chi connectivity index (χ1) is 9.88. The van der Waals surface area contributed by atoms with Crippen LogP contribution in [0.15, 0.2) is 60.7 Å². The zero-order chi connectivity index (χ0) is 13.8. The molecule has 2 nitrogen and oxygen atoms in total. The average Bonchev–Trinajstić information content (AvgIpc) is 2.56. The number of hydrogen-bond donors (Lipinski definition) is 1. The summed E-state index contributed by atoms with van der Waals surface area (Å²) in [6, 6.07) is 21.6. The molecule has 20 heavy (non-hydrogen) atoms. The molecule has 0 radical (unpaired) electrons. The van der Waals surface area contributed by atoms with Crippen molar-refractivity contribution in [3.8, 4) is 0 Å². The molecule has 1 N–H and O–H groups in total. The third kappa shape index (κ3) is 2.70. The minimum atomic E-state index is 0.298. The van der Waals surface area contributed by atoms with Crippen molar-refractivity contribution in [1.29, 1.82) is 0 Å². The standard InChI is InChI=1S/C18H21NO/c20-14-15-11-12-19(17-9-5-2-6-10-17)18(13-15)16-7-3-1-4-8-16/h1-10,15,18,20H,11-14H2/t15-,18-/m1/s1. The first kappa shape index (κ1) is 13.2. The summed E-state index contributed by atoms with van der Waals surface area (Å²) in [7, 11) is 0. The molecule has 0 amide bonds. The summed E-state index contributed by atoms with van der Waals surface area (Å²) in [6.45, 7) is 1.31. The lowest BCUT2D eigenvalue weighted by molar-refractivity contribution is 0.188. The minimum Gasteiger partial charge on any atom is -0.396 e. The Morgan fingerprint density at radius 2 is 1.60 bits per heavy atom. The van der Waals surface area contributed by atoms with Crippen LogP contribution in [0.3, 0.4) is 0 Å². The maximum Gasteiger partial charge on any atom is 0.0545 e. The van der Waals surface area contributed by atoms with Gasteiger partial charge < -0.3 is 10.0 Å². The Labute approximate surface area is 120 Å². The van der Waals surface area contributed by atoms with Crippen molar-refractivity contribution < 1.29 is 5.11 Å². The second kappa shape index (κ2) is 6.10. The second-order valence-corrected chi connectivity index (χ2v) is 5.53. The smallest absolute Gasteiger partial charge is 0.0545 e. The number of hydrogen-bond acceptors (Lipinski definition) is 2. The van der Waals surface area contributed by atoms with Crippen molar-refractivity contribution in [1.82, 2.24) is 0 Å². The van der Waals surface area contributed by atoms with Gasteiger partial charge in [-0.15, -0.1) is 0 Å². The summed E-state index contributed by atoms with van der Waals surface area (Å²) >= 11 is 0. The minimum absolute atomic E-state index is 0.298. The monoisotopic (exact) mass is 267 g/mol. The van der Waals surface area contributed by atoms with Crippen LogP contribution < -0.4 is 4.90 Å². The quantitative estimate of drug-likeness (QED) is 0.918.